The van der Waals surface area contributed by atoms with Crippen molar-refractivity contribution in [3.05, 3.63) is 78.5 Å². The summed E-state index contributed by atoms with van der Waals surface area (Å²) in [5, 5.41) is 0. The van der Waals surface area contributed by atoms with Gasteiger partial charge in [0.2, 0.25) is 6.79 Å². The molecule has 0 bridgehead atoms. The van der Waals surface area contributed by atoms with E-state index in [0.29, 0.717) is 49.2 Å². The maximum absolute atomic E-state index is 13.8. The fourth-order valence-corrected chi connectivity index (χ4v) is 5.30. The zero-order valence-corrected chi connectivity index (χ0v) is 21.0. The van der Waals surface area contributed by atoms with E-state index >= 15 is 0 Å². The molecule has 0 fully saturated rings. The zero-order valence-electron chi connectivity index (χ0n) is 20.2. The van der Waals surface area contributed by atoms with Crippen LogP contribution in [0, 0.1) is 0 Å². The third-order valence-electron chi connectivity index (χ3n) is 5.90. The van der Waals surface area contributed by atoms with Crippen LogP contribution in [-0.2, 0) is 9.53 Å². The van der Waals surface area contributed by atoms with Gasteiger partial charge in [0.15, 0.2) is 16.3 Å². The number of carbonyl (C=O) groups excluding carboxylic acids is 1. The molecule has 0 saturated carbocycles. The Kier molecular flexibility index (Phi) is 6.27. The van der Waals surface area contributed by atoms with Gasteiger partial charge in [-0.1, -0.05) is 17.4 Å². The number of hydrogen-bond donors (Lipinski definition) is 0. The van der Waals surface area contributed by atoms with Gasteiger partial charge in [0.1, 0.15) is 11.5 Å². The van der Waals surface area contributed by atoms with E-state index in [1.165, 1.54) is 15.9 Å². The van der Waals surface area contributed by atoms with E-state index in [9.17, 15) is 9.59 Å². The summed E-state index contributed by atoms with van der Waals surface area (Å²) in [4.78, 5) is 31.9. The number of carbonyl (C=O) groups is 1. The lowest BCUT2D eigenvalue weighted by Gasteiger charge is -2.24. The fourth-order valence-electron chi connectivity index (χ4n) is 4.25. The molecule has 9 nitrogen and oxygen atoms in total. The van der Waals surface area contributed by atoms with Crippen molar-refractivity contribution in [3.63, 3.8) is 0 Å². The van der Waals surface area contributed by atoms with Crippen LogP contribution >= 0.6 is 11.3 Å². The first kappa shape index (κ1) is 23.7. The average molecular weight is 509 g/mol. The molecule has 3 heterocycles. The first-order valence-electron chi connectivity index (χ1n) is 11.3. The van der Waals surface area contributed by atoms with Crippen LogP contribution in [0.3, 0.4) is 0 Å². The van der Waals surface area contributed by atoms with Crippen molar-refractivity contribution in [2.24, 2.45) is 4.99 Å². The van der Waals surface area contributed by atoms with E-state index in [-0.39, 0.29) is 19.0 Å². The monoisotopic (exact) mass is 508 g/mol. The number of nitrogens with zero attached hydrogens (tertiary/aromatic N) is 2. The van der Waals surface area contributed by atoms with Gasteiger partial charge in [-0.2, -0.15) is 0 Å². The van der Waals surface area contributed by atoms with Crippen LogP contribution in [0.25, 0.3) is 6.08 Å². The molecule has 2 aromatic carbocycles. The molecule has 2 aliphatic rings. The molecule has 5 rings (SSSR count). The minimum Gasteiger partial charge on any atom is -0.497 e. The summed E-state index contributed by atoms with van der Waals surface area (Å²) in [5.41, 5.74) is 1.94. The number of rotatable bonds is 6. The molecule has 36 heavy (non-hydrogen) atoms. The van der Waals surface area contributed by atoms with Gasteiger partial charge < -0.3 is 23.7 Å². The van der Waals surface area contributed by atoms with E-state index < -0.39 is 12.0 Å². The Bertz CT molecular complexity index is 1550. The van der Waals surface area contributed by atoms with Gasteiger partial charge in [0.25, 0.3) is 5.56 Å². The van der Waals surface area contributed by atoms with Crippen molar-refractivity contribution in [2.45, 2.75) is 19.9 Å². The van der Waals surface area contributed by atoms with Crippen LogP contribution in [-0.4, -0.2) is 38.2 Å². The van der Waals surface area contributed by atoms with Crippen molar-refractivity contribution < 1.29 is 28.5 Å². The second kappa shape index (κ2) is 9.54. The highest BCUT2D eigenvalue weighted by molar-refractivity contribution is 7.07. The van der Waals surface area contributed by atoms with Crippen molar-refractivity contribution in [1.29, 1.82) is 0 Å². The highest BCUT2D eigenvalue weighted by Crippen LogP contribution is 2.38. The Hall–Kier alpha value is -4.05. The Balaban J connectivity index is 1.71. The maximum atomic E-state index is 13.8. The van der Waals surface area contributed by atoms with Crippen molar-refractivity contribution in [2.75, 3.05) is 27.6 Å². The molecule has 0 aliphatic carbocycles. The Morgan fingerprint density at radius 2 is 1.86 bits per heavy atom. The lowest BCUT2D eigenvalue weighted by molar-refractivity contribution is -0.139. The van der Waals surface area contributed by atoms with E-state index in [1.807, 2.05) is 18.2 Å². The van der Waals surface area contributed by atoms with Crippen molar-refractivity contribution >= 4 is 23.4 Å². The molecule has 3 aromatic rings. The molecule has 0 N–H and O–H groups in total. The Morgan fingerprint density at radius 1 is 1.14 bits per heavy atom. The predicted molar refractivity (Wildman–Crippen MR) is 133 cm³/mol. The number of benzene rings is 2. The summed E-state index contributed by atoms with van der Waals surface area (Å²) >= 11 is 1.24. The smallest absolute Gasteiger partial charge is 0.338 e. The summed E-state index contributed by atoms with van der Waals surface area (Å²) in [6.45, 7) is 3.80. The summed E-state index contributed by atoms with van der Waals surface area (Å²) in [7, 11) is 3.13. The number of aromatic nitrogens is 1. The van der Waals surface area contributed by atoms with E-state index in [1.54, 1.807) is 52.3 Å². The zero-order chi connectivity index (χ0) is 25.4. The molecular formula is C26H24N2O7S. The average Bonchev–Trinajstić information content (AvgIpc) is 3.46. The molecule has 0 amide bonds. The molecule has 186 valence electrons. The van der Waals surface area contributed by atoms with Crippen LogP contribution in [0.1, 0.15) is 31.0 Å². The number of ether oxygens (including phenoxy) is 5. The van der Waals surface area contributed by atoms with Gasteiger partial charge in [0, 0.05) is 6.07 Å². The van der Waals surface area contributed by atoms with Gasteiger partial charge in [-0.3, -0.25) is 9.36 Å². The molecule has 1 unspecified atom stereocenters. The molecule has 10 heteroatoms. The number of methoxy groups -OCH3 is 2. The molecule has 2 aliphatic heterocycles. The highest BCUT2D eigenvalue weighted by atomic mass is 32.1. The van der Waals surface area contributed by atoms with Gasteiger partial charge in [-0.25, -0.2) is 9.79 Å². The molecule has 0 saturated heterocycles. The number of esters is 1. The molecule has 0 spiro atoms. The van der Waals surface area contributed by atoms with Crippen LogP contribution in [0.4, 0.5) is 0 Å². The largest absolute Gasteiger partial charge is 0.497 e. The second-order valence-electron chi connectivity index (χ2n) is 8.06. The Morgan fingerprint density at radius 3 is 2.56 bits per heavy atom. The van der Waals surface area contributed by atoms with Gasteiger partial charge in [0.05, 0.1) is 42.7 Å². The first-order chi connectivity index (χ1) is 17.4. The quantitative estimate of drug-likeness (QED) is 0.472. The predicted octanol–water partition coefficient (Wildman–Crippen LogP) is 2.54. The standard InChI is InChI=1S/C26H24N2O7S/c1-5-33-25(30)22-14(2)27-26-28(23(22)16-6-7-19-20(11-16)35-13-34-19)24(29)21(36-26)10-15-8-17(31-3)12-18(9-15)32-4/h6-12,23H,5,13H2,1-4H3/b21-10-. The van der Waals surface area contributed by atoms with E-state index in [0.717, 1.165) is 5.56 Å². The number of hydrogen-bond acceptors (Lipinski definition) is 9. The van der Waals surface area contributed by atoms with Crippen LogP contribution in [0.2, 0.25) is 0 Å². The molecule has 1 aromatic heterocycles. The summed E-state index contributed by atoms with van der Waals surface area (Å²) < 4.78 is 29.0. The molecule has 0 radical (unpaired) electrons. The van der Waals surface area contributed by atoms with E-state index in [4.69, 9.17) is 23.7 Å². The number of fused-ring (bicyclic) bond motifs is 2. The first-order valence-corrected chi connectivity index (χ1v) is 12.1. The third kappa shape index (κ3) is 4.13. The fraction of sp³-hybridized carbons (Fsp3) is 0.269. The lowest BCUT2D eigenvalue weighted by atomic mass is 9.95. The van der Waals surface area contributed by atoms with Crippen LogP contribution < -0.4 is 33.8 Å². The summed E-state index contributed by atoms with van der Waals surface area (Å²) in [6.07, 6.45) is 1.76. The third-order valence-corrected chi connectivity index (χ3v) is 6.88. The highest BCUT2D eigenvalue weighted by Gasteiger charge is 2.34. The maximum Gasteiger partial charge on any atom is 0.338 e. The van der Waals surface area contributed by atoms with Crippen molar-refractivity contribution in [3.8, 4) is 23.0 Å². The van der Waals surface area contributed by atoms with Gasteiger partial charge in [-0.15, -0.1) is 0 Å². The van der Waals surface area contributed by atoms with Crippen LogP contribution in [0.5, 0.6) is 23.0 Å². The minimum absolute atomic E-state index is 0.116. The van der Waals surface area contributed by atoms with Crippen LogP contribution in [0.15, 0.2) is 57.5 Å². The van der Waals surface area contributed by atoms with Gasteiger partial charge >= 0.3 is 5.97 Å². The lowest BCUT2D eigenvalue weighted by Crippen LogP contribution is -2.39. The normalized spacial score (nSPS) is 16.4. The van der Waals surface area contributed by atoms with E-state index in [2.05, 4.69) is 4.99 Å². The topological polar surface area (TPSA) is 97.6 Å². The van der Waals surface area contributed by atoms with Crippen molar-refractivity contribution in [1.82, 2.24) is 4.57 Å². The number of allylic oxidation sites excluding steroid dienone is 1. The van der Waals surface area contributed by atoms with Gasteiger partial charge in [-0.05, 0) is 55.3 Å². The number of thiazole rings is 1. The molecule has 1 atom stereocenters. The Labute approximate surface area is 210 Å². The SMILES string of the molecule is CCOC(=O)C1=C(C)N=c2s/c(=C\c3cc(OC)cc(OC)c3)c(=O)n2C1c1ccc2c(c1)OCO2. The summed E-state index contributed by atoms with van der Waals surface area (Å²) in [5.74, 6) is 1.85. The summed E-state index contributed by atoms with van der Waals surface area (Å²) in [6, 6.07) is 10.0. The molecular weight excluding hydrogens is 484 g/mol. The second-order valence-corrected chi connectivity index (χ2v) is 9.07. The minimum atomic E-state index is -0.739.